The van der Waals surface area contributed by atoms with Gasteiger partial charge in [-0.25, -0.2) is 5.43 Å². The van der Waals surface area contributed by atoms with E-state index in [0.717, 1.165) is 10.0 Å². The van der Waals surface area contributed by atoms with Crippen LogP contribution in [0.5, 0.6) is 11.5 Å². The van der Waals surface area contributed by atoms with Crippen LogP contribution >= 0.6 is 43.5 Å². The van der Waals surface area contributed by atoms with Gasteiger partial charge in [0.15, 0.2) is 18.1 Å². The van der Waals surface area contributed by atoms with E-state index in [9.17, 15) is 4.79 Å². The number of carbonyl (C=O) groups excluding carboxylic acids is 1. The van der Waals surface area contributed by atoms with Crippen molar-refractivity contribution in [1.82, 2.24) is 5.43 Å². The topological polar surface area (TPSA) is 73.1 Å². The molecule has 0 saturated heterocycles. The molecule has 0 atom stereocenters. The number of amides is 1. The van der Waals surface area contributed by atoms with E-state index in [2.05, 4.69) is 42.4 Å². The standard InChI is InChI=1S/C20H15Br2ClN2O4/c1-27-18-9-13(21)8-16(22)20(18)28-11-19(26)25-24-10-15-6-7-17(29-15)12-2-4-14(23)5-3-12/h2-10H,11H2,1H3,(H,25,26)/b24-10+. The quantitative estimate of drug-likeness (QED) is 0.309. The first kappa shape index (κ1) is 21.4. The van der Waals surface area contributed by atoms with Gasteiger partial charge in [0.2, 0.25) is 0 Å². The molecule has 0 unspecified atom stereocenters. The molecule has 1 heterocycles. The van der Waals surface area contributed by atoms with E-state index < -0.39 is 5.91 Å². The summed E-state index contributed by atoms with van der Waals surface area (Å²) < 4.78 is 17.9. The van der Waals surface area contributed by atoms with Crippen LogP contribution in [-0.2, 0) is 4.79 Å². The lowest BCUT2D eigenvalue weighted by Crippen LogP contribution is -2.24. The highest BCUT2D eigenvalue weighted by molar-refractivity contribution is 9.11. The zero-order chi connectivity index (χ0) is 20.8. The molecular weight excluding hydrogens is 527 g/mol. The van der Waals surface area contributed by atoms with Gasteiger partial charge in [-0.1, -0.05) is 27.5 Å². The van der Waals surface area contributed by atoms with E-state index in [1.165, 1.54) is 13.3 Å². The molecule has 150 valence electrons. The predicted molar refractivity (Wildman–Crippen MR) is 119 cm³/mol. The van der Waals surface area contributed by atoms with E-state index in [4.69, 9.17) is 25.5 Å². The van der Waals surface area contributed by atoms with Gasteiger partial charge in [0, 0.05) is 15.1 Å². The maximum Gasteiger partial charge on any atom is 0.277 e. The summed E-state index contributed by atoms with van der Waals surface area (Å²) in [6, 6.07) is 14.4. The number of hydrazone groups is 1. The number of hydrogen-bond donors (Lipinski definition) is 1. The van der Waals surface area contributed by atoms with Crippen LogP contribution in [0.1, 0.15) is 5.76 Å². The van der Waals surface area contributed by atoms with Crippen molar-refractivity contribution in [3.05, 3.63) is 68.3 Å². The van der Waals surface area contributed by atoms with E-state index >= 15 is 0 Å². The number of ether oxygens (including phenoxy) is 2. The zero-order valence-electron chi connectivity index (χ0n) is 15.1. The highest BCUT2D eigenvalue weighted by Gasteiger charge is 2.12. The molecule has 0 spiro atoms. The Morgan fingerprint density at radius 3 is 2.69 bits per heavy atom. The number of nitrogens with zero attached hydrogens (tertiary/aromatic N) is 1. The van der Waals surface area contributed by atoms with E-state index in [-0.39, 0.29) is 6.61 Å². The fourth-order valence-corrected chi connectivity index (χ4v) is 3.78. The predicted octanol–water partition coefficient (Wildman–Crippen LogP) is 5.66. The molecule has 0 aliphatic heterocycles. The molecule has 1 amide bonds. The van der Waals surface area contributed by atoms with Crippen molar-refractivity contribution in [2.45, 2.75) is 0 Å². The van der Waals surface area contributed by atoms with Gasteiger partial charge >= 0.3 is 0 Å². The first-order valence-corrected chi connectivity index (χ1v) is 10.3. The summed E-state index contributed by atoms with van der Waals surface area (Å²) in [7, 11) is 1.52. The highest BCUT2D eigenvalue weighted by atomic mass is 79.9. The molecule has 3 rings (SSSR count). The third-order valence-corrected chi connectivity index (χ3v) is 4.98. The number of methoxy groups -OCH3 is 1. The number of rotatable bonds is 7. The second-order valence-electron chi connectivity index (χ2n) is 5.71. The van der Waals surface area contributed by atoms with Crippen molar-refractivity contribution < 1.29 is 18.7 Å². The van der Waals surface area contributed by atoms with E-state index in [1.54, 1.807) is 30.3 Å². The summed E-state index contributed by atoms with van der Waals surface area (Å²) in [6.07, 6.45) is 1.41. The highest BCUT2D eigenvalue weighted by Crippen LogP contribution is 2.38. The lowest BCUT2D eigenvalue weighted by atomic mass is 10.2. The first-order valence-electron chi connectivity index (χ1n) is 8.30. The molecule has 2 aromatic carbocycles. The van der Waals surface area contributed by atoms with Crippen LogP contribution in [0.15, 0.2) is 67.0 Å². The molecule has 0 aliphatic carbocycles. The number of halogens is 3. The Morgan fingerprint density at radius 2 is 1.97 bits per heavy atom. The average molecular weight is 543 g/mol. The van der Waals surface area contributed by atoms with Gasteiger partial charge in [-0.3, -0.25) is 4.79 Å². The second kappa shape index (κ2) is 9.96. The maximum atomic E-state index is 12.0. The monoisotopic (exact) mass is 540 g/mol. The molecule has 3 aromatic rings. The molecule has 0 bridgehead atoms. The van der Waals surface area contributed by atoms with Gasteiger partial charge in [0.25, 0.3) is 5.91 Å². The lowest BCUT2D eigenvalue weighted by molar-refractivity contribution is -0.123. The Bertz CT molecular complexity index is 1040. The Hall–Kier alpha value is -2.29. The van der Waals surface area contributed by atoms with Crippen molar-refractivity contribution in [2.24, 2.45) is 5.10 Å². The molecule has 1 aromatic heterocycles. The van der Waals surface area contributed by atoms with Gasteiger partial charge in [-0.2, -0.15) is 5.10 Å². The SMILES string of the molecule is COc1cc(Br)cc(Br)c1OCC(=O)N/N=C/c1ccc(-c2ccc(Cl)cc2)o1. The summed E-state index contributed by atoms with van der Waals surface area (Å²) in [4.78, 5) is 12.0. The van der Waals surface area contributed by atoms with Gasteiger partial charge < -0.3 is 13.9 Å². The zero-order valence-corrected chi connectivity index (χ0v) is 19.0. The van der Waals surface area contributed by atoms with Crippen molar-refractivity contribution in [1.29, 1.82) is 0 Å². The van der Waals surface area contributed by atoms with Gasteiger partial charge in [-0.05, 0) is 64.5 Å². The van der Waals surface area contributed by atoms with Gasteiger partial charge in [0.05, 0.1) is 17.8 Å². The molecule has 0 radical (unpaired) electrons. The Morgan fingerprint density at radius 1 is 1.21 bits per heavy atom. The minimum absolute atomic E-state index is 0.234. The van der Waals surface area contributed by atoms with Crippen LogP contribution in [0.2, 0.25) is 5.02 Å². The van der Waals surface area contributed by atoms with Crippen molar-refractivity contribution in [2.75, 3.05) is 13.7 Å². The number of nitrogens with one attached hydrogen (secondary N) is 1. The third kappa shape index (κ3) is 5.85. The number of benzene rings is 2. The van der Waals surface area contributed by atoms with E-state index in [0.29, 0.717) is 32.5 Å². The average Bonchev–Trinajstić information content (AvgIpc) is 3.16. The fourth-order valence-electron chi connectivity index (χ4n) is 2.36. The molecule has 0 fully saturated rings. The van der Waals surface area contributed by atoms with Crippen molar-refractivity contribution in [3.8, 4) is 22.8 Å². The van der Waals surface area contributed by atoms with Crippen LogP contribution in [0.4, 0.5) is 0 Å². The Kier molecular flexibility index (Phi) is 7.35. The van der Waals surface area contributed by atoms with Crippen LogP contribution < -0.4 is 14.9 Å². The summed E-state index contributed by atoms with van der Waals surface area (Å²) in [5.74, 6) is 1.65. The molecule has 0 saturated carbocycles. The molecule has 1 N–H and O–H groups in total. The van der Waals surface area contributed by atoms with Gasteiger partial charge in [-0.15, -0.1) is 0 Å². The maximum absolute atomic E-state index is 12.0. The minimum atomic E-state index is -0.428. The van der Waals surface area contributed by atoms with E-state index in [1.807, 2.05) is 18.2 Å². The largest absolute Gasteiger partial charge is 0.493 e. The summed E-state index contributed by atoms with van der Waals surface area (Å²) in [6.45, 7) is -0.234. The van der Waals surface area contributed by atoms with Crippen molar-refractivity contribution >= 4 is 55.6 Å². The number of carbonyl (C=O) groups is 1. The minimum Gasteiger partial charge on any atom is -0.493 e. The first-order chi connectivity index (χ1) is 14.0. The Balaban J connectivity index is 1.55. The van der Waals surface area contributed by atoms with Crippen LogP contribution in [0, 0.1) is 0 Å². The second-order valence-corrected chi connectivity index (χ2v) is 7.92. The molecular formula is C20H15Br2ClN2O4. The summed E-state index contributed by atoms with van der Waals surface area (Å²) in [5, 5.41) is 4.54. The van der Waals surface area contributed by atoms with Crippen LogP contribution in [0.3, 0.4) is 0 Å². The fraction of sp³-hybridized carbons (Fsp3) is 0.100. The molecule has 6 nitrogen and oxygen atoms in total. The van der Waals surface area contributed by atoms with Crippen molar-refractivity contribution in [3.63, 3.8) is 0 Å². The summed E-state index contributed by atoms with van der Waals surface area (Å²) >= 11 is 12.6. The number of hydrogen-bond acceptors (Lipinski definition) is 5. The molecule has 0 aliphatic rings. The smallest absolute Gasteiger partial charge is 0.277 e. The van der Waals surface area contributed by atoms with Crippen LogP contribution in [-0.4, -0.2) is 25.8 Å². The third-order valence-electron chi connectivity index (χ3n) is 3.68. The van der Waals surface area contributed by atoms with Crippen LogP contribution in [0.25, 0.3) is 11.3 Å². The normalized spacial score (nSPS) is 10.9. The Labute approximate surface area is 189 Å². The molecule has 9 heteroatoms. The molecule has 29 heavy (non-hydrogen) atoms. The summed E-state index contributed by atoms with van der Waals surface area (Å²) in [5.41, 5.74) is 3.28. The lowest BCUT2D eigenvalue weighted by Gasteiger charge is -2.12. The number of furan rings is 1. The van der Waals surface area contributed by atoms with Gasteiger partial charge in [0.1, 0.15) is 11.5 Å².